The first kappa shape index (κ1) is 16.5. The molecule has 0 bridgehead atoms. The molecule has 2 aromatic carbocycles. The molecule has 1 aliphatic rings. The highest BCUT2D eigenvalue weighted by atomic mass is 35.5. The van der Waals surface area contributed by atoms with Gasteiger partial charge in [0.15, 0.2) is 0 Å². The van der Waals surface area contributed by atoms with E-state index in [9.17, 15) is 9.00 Å². The highest BCUT2D eigenvalue weighted by Crippen LogP contribution is 2.26. The first-order valence-corrected chi connectivity index (χ1v) is 8.85. The molecule has 1 fully saturated rings. The number of methoxy groups -OCH3 is 1. The van der Waals surface area contributed by atoms with E-state index in [2.05, 4.69) is 5.32 Å². The number of amides is 1. The van der Waals surface area contributed by atoms with Gasteiger partial charge in [-0.3, -0.25) is 13.9 Å². The van der Waals surface area contributed by atoms with Crippen LogP contribution in [0.3, 0.4) is 0 Å². The summed E-state index contributed by atoms with van der Waals surface area (Å²) in [6.45, 7) is 0. The number of nitrogens with zero attached hydrogens (tertiary/aromatic N) is 1. The summed E-state index contributed by atoms with van der Waals surface area (Å²) in [7, 11) is 0.204. The maximum absolute atomic E-state index is 12.5. The fourth-order valence-corrected chi connectivity index (χ4v) is 3.51. The van der Waals surface area contributed by atoms with Crippen LogP contribution in [0.4, 0.5) is 11.4 Å². The van der Waals surface area contributed by atoms with Crippen molar-refractivity contribution in [2.45, 2.75) is 0 Å². The Hall–Kier alpha value is -2.31. The van der Waals surface area contributed by atoms with Gasteiger partial charge < -0.3 is 10.1 Å². The van der Waals surface area contributed by atoms with Crippen LogP contribution in [0.2, 0.25) is 5.02 Å². The molecule has 1 atom stereocenters. The fraction of sp³-hybridized carbons (Fsp3) is 0.118. The second kappa shape index (κ2) is 7.07. The predicted octanol–water partition coefficient (Wildman–Crippen LogP) is 3.35. The van der Waals surface area contributed by atoms with Crippen molar-refractivity contribution < 1.29 is 13.7 Å². The third-order valence-electron chi connectivity index (χ3n) is 3.55. The van der Waals surface area contributed by atoms with E-state index in [1.807, 2.05) is 12.1 Å². The largest absolute Gasteiger partial charge is 0.497 e. The van der Waals surface area contributed by atoms with Gasteiger partial charge in [0.1, 0.15) is 16.5 Å². The molecule has 24 heavy (non-hydrogen) atoms. The first-order valence-electron chi connectivity index (χ1n) is 7.15. The molecule has 2 aromatic rings. The van der Waals surface area contributed by atoms with E-state index in [1.165, 1.54) is 11.1 Å². The molecule has 124 valence electrons. The number of carbonyl (C=O) groups excluding carboxylic acids is 1. The van der Waals surface area contributed by atoms with E-state index in [4.69, 9.17) is 16.3 Å². The van der Waals surface area contributed by atoms with Crippen molar-refractivity contribution in [1.29, 1.82) is 0 Å². The normalized spacial score (nSPS) is 18.9. The van der Waals surface area contributed by atoms with Crippen molar-refractivity contribution in [2.75, 3.05) is 23.2 Å². The van der Waals surface area contributed by atoms with Gasteiger partial charge in [-0.05, 0) is 48.5 Å². The molecular weight excluding hydrogens is 348 g/mol. The summed E-state index contributed by atoms with van der Waals surface area (Å²) in [5, 5.41) is 3.59. The summed E-state index contributed by atoms with van der Waals surface area (Å²) in [4.78, 5) is 14.2. The Labute approximate surface area is 147 Å². The fourth-order valence-electron chi connectivity index (χ4n) is 2.25. The minimum Gasteiger partial charge on any atom is -0.497 e. The molecule has 5 nitrogen and oxygen atoms in total. The zero-order valence-corrected chi connectivity index (χ0v) is 14.4. The lowest BCUT2D eigenvalue weighted by atomic mass is 10.3. The molecular formula is C17H15ClN2O3S. The molecule has 3 rings (SSSR count). The van der Waals surface area contributed by atoms with E-state index in [1.54, 1.807) is 43.5 Å². The number of ether oxygens (including phenoxy) is 1. The van der Waals surface area contributed by atoms with Crippen molar-refractivity contribution in [1.82, 2.24) is 0 Å². The Morgan fingerprint density at radius 2 is 1.83 bits per heavy atom. The number of rotatable bonds is 4. The second-order valence-electron chi connectivity index (χ2n) is 5.07. The summed E-state index contributed by atoms with van der Waals surface area (Å²) < 4.78 is 17.3. The Balaban J connectivity index is 1.76. The number of nitrogens with one attached hydrogen (secondary N) is 1. The third-order valence-corrected chi connectivity index (χ3v) is 5.07. The highest BCUT2D eigenvalue weighted by molar-refractivity contribution is 7.90. The van der Waals surface area contributed by atoms with Crippen molar-refractivity contribution in [3.8, 4) is 5.75 Å². The molecule has 0 saturated carbocycles. The lowest BCUT2D eigenvalue weighted by Gasteiger charge is -2.13. The quantitative estimate of drug-likeness (QED) is 0.847. The van der Waals surface area contributed by atoms with Crippen LogP contribution < -0.4 is 15.0 Å². The number of hydrogen-bond acceptors (Lipinski definition) is 4. The van der Waals surface area contributed by atoms with Gasteiger partial charge in [-0.15, -0.1) is 0 Å². The van der Waals surface area contributed by atoms with E-state index >= 15 is 0 Å². The average Bonchev–Trinajstić information content (AvgIpc) is 2.88. The summed E-state index contributed by atoms with van der Waals surface area (Å²) in [5.41, 5.74) is 1.45. The summed E-state index contributed by atoms with van der Waals surface area (Å²) in [6, 6.07) is 14.1. The molecule has 0 aromatic heterocycles. The van der Waals surface area contributed by atoms with Crippen LogP contribution in [0.5, 0.6) is 5.75 Å². The van der Waals surface area contributed by atoms with Crippen LogP contribution in [0.15, 0.2) is 59.6 Å². The van der Waals surface area contributed by atoms with Crippen molar-refractivity contribution in [2.24, 2.45) is 0 Å². The lowest BCUT2D eigenvalue weighted by Crippen LogP contribution is -2.24. The number of carbonyl (C=O) groups is 1. The Kier molecular flexibility index (Phi) is 4.87. The summed E-state index contributed by atoms with van der Waals surface area (Å²) in [5.74, 6) is 0.593. The maximum Gasteiger partial charge on any atom is 0.269 e. The SMILES string of the molecule is COc1ccc(N/C=C2\C(=O)N(c3ccc(Cl)cc3)CS2=O)cc1. The molecule has 0 radical (unpaired) electrons. The molecule has 1 N–H and O–H groups in total. The lowest BCUT2D eigenvalue weighted by molar-refractivity contribution is -0.114. The van der Waals surface area contributed by atoms with E-state index in [-0.39, 0.29) is 16.7 Å². The zero-order chi connectivity index (χ0) is 17.1. The van der Waals surface area contributed by atoms with Crippen LogP contribution in [-0.2, 0) is 15.6 Å². The van der Waals surface area contributed by atoms with Crippen LogP contribution in [0, 0.1) is 0 Å². The van der Waals surface area contributed by atoms with Gasteiger partial charge in [0.05, 0.1) is 17.9 Å². The van der Waals surface area contributed by atoms with E-state index in [0.29, 0.717) is 10.7 Å². The third kappa shape index (κ3) is 3.44. The standard InChI is InChI=1S/C17H15ClN2O3S/c1-23-15-8-4-13(5-9-15)19-10-16-17(21)20(11-24(16)22)14-6-2-12(18)3-7-14/h2-10,19H,11H2,1H3/b16-10+. The molecule has 1 saturated heterocycles. The smallest absolute Gasteiger partial charge is 0.269 e. The first-order chi connectivity index (χ1) is 11.6. The monoisotopic (exact) mass is 362 g/mol. The van der Waals surface area contributed by atoms with Crippen LogP contribution in [-0.4, -0.2) is 23.1 Å². The Morgan fingerprint density at radius 3 is 2.46 bits per heavy atom. The number of benzene rings is 2. The maximum atomic E-state index is 12.5. The second-order valence-corrected chi connectivity index (χ2v) is 6.89. The molecule has 1 heterocycles. The van der Waals surface area contributed by atoms with E-state index < -0.39 is 10.8 Å². The van der Waals surface area contributed by atoms with Crippen LogP contribution in [0.1, 0.15) is 0 Å². The van der Waals surface area contributed by atoms with Crippen LogP contribution in [0.25, 0.3) is 0 Å². The summed E-state index contributed by atoms with van der Waals surface area (Å²) in [6.07, 6.45) is 1.50. The molecule has 1 amide bonds. The topological polar surface area (TPSA) is 58.6 Å². The number of anilines is 2. The van der Waals surface area contributed by atoms with Gasteiger partial charge >= 0.3 is 0 Å². The van der Waals surface area contributed by atoms with Gasteiger partial charge in [0, 0.05) is 22.6 Å². The number of halogens is 1. The Bertz CT molecular complexity index is 804. The number of hydrogen-bond donors (Lipinski definition) is 1. The van der Waals surface area contributed by atoms with Gasteiger partial charge in [0.2, 0.25) is 0 Å². The molecule has 0 aliphatic carbocycles. The van der Waals surface area contributed by atoms with Crippen LogP contribution >= 0.6 is 11.6 Å². The van der Waals surface area contributed by atoms with Crippen molar-refractivity contribution >= 4 is 39.7 Å². The van der Waals surface area contributed by atoms with Gasteiger partial charge in [0.25, 0.3) is 5.91 Å². The highest BCUT2D eigenvalue weighted by Gasteiger charge is 2.33. The molecule has 1 aliphatic heterocycles. The summed E-state index contributed by atoms with van der Waals surface area (Å²) >= 11 is 5.86. The van der Waals surface area contributed by atoms with Gasteiger partial charge in [-0.2, -0.15) is 0 Å². The predicted molar refractivity (Wildman–Crippen MR) is 96.6 cm³/mol. The van der Waals surface area contributed by atoms with Crippen molar-refractivity contribution in [3.05, 3.63) is 64.7 Å². The Morgan fingerprint density at radius 1 is 1.17 bits per heavy atom. The average molecular weight is 363 g/mol. The molecule has 7 heteroatoms. The van der Waals surface area contributed by atoms with Gasteiger partial charge in [-0.1, -0.05) is 11.6 Å². The van der Waals surface area contributed by atoms with E-state index in [0.717, 1.165) is 11.4 Å². The molecule has 1 unspecified atom stereocenters. The minimum atomic E-state index is -1.39. The van der Waals surface area contributed by atoms with Gasteiger partial charge in [-0.25, -0.2) is 0 Å². The molecule has 0 spiro atoms. The zero-order valence-electron chi connectivity index (χ0n) is 12.9. The van der Waals surface area contributed by atoms with Crippen molar-refractivity contribution in [3.63, 3.8) is 0 Å². The minimum absolute atomic E-state index is 0.136.